The molecule has 4 aliphatic carbocycles. The average molecular weight is 525 g/mol. The number of carbonyl (C=O) groups is 1. The van der Waals surface area contributed by atoms with E-state index >= 15 is 0 Å². The van der Waals surface area contributed by atoms with Crippen LogP contribution in [0.15, 0.2) is 0 Å². The molecule has 0 bridgehead atoms. The predicted octanol–water partition coefficient (Wildman–Crippen LogP) is 2.44. The van der Waals surface area contributed by atoms with E-state index in [1.54, 1.807) is 6.92 Å². The Morgan fingerprint density at radius 1 is 0.865 bits per heavy atom. The van der Waals surface area contributed by atoms with Crippen molar-refractivity contribution < 1.29 is 39.4 Å². The lowest BCUT2D eigenvalue weighted by Gasteiger charge is -2.61. The third-order valence-corrected chi connectivity index (χ3v) is 11.7. The lowest BCUT2D eigenvalue weighted by molar-refractivity contribution is -0.303. The normalized spacial score (nSPS) is 51.7. The predicted molar refractivity (Wildman–Crippen MR) is 135 cm³/mol. The first kappa shape index (κ1) is 27.9. The van der Waals surface area contributed by atoms with Gasteiger partial charge in [-0.25, -0.2) is 0 Å². The number of hydrogen-bond acceptors (Lipinski definition) is 8. The van der Waals surface area contributed by atoms with Crippen molar-refractivity contribution in [3.05, 3.63) is 0 Å². The Balaban J connectivity index is 1.12. The second kappa shape index (κ2) is 10.8. The second-order valence-electron chi connectivity index (χ2n) is 13.3. The molecule has 1 saturated heterocycles. The van der Waals surface area contributed by atoms with Gasteiger partial charge in [0, 0.05) is 5.92 Å². The van der Waals surface area contributed by atoms with E-state index in [1.165, 1.54) is 38.5 Å². The highest BCUT2D eigenvalue weighted by Crippen LogP contribution is 2.67. The molecule has 0 unspecified atom stereocenters. The van der Waals surface area contributed by atoms with Crippen LogP contribution in [0.2, 0.25) is 0 Å². The van der Waals surface area contributed by atoms with Crippen molar-refractivity contribution in [2.24, 2.45) is 40.4 Å². The number of ether oxygens (including phenoxy) is 3. The van der Waals surface area contributed by atoms with Crippen LogP contribution in [0, 0.1) is 40.4 Å². The maximum atomic E-state index is 12.4. The second-order valence-corrected chi connectivity index (χ2v) is 13.3. The van der Waals surface area contributed by atoms with E-state index in [-0.39, 0.29) is 24.0 Å². The third kappa shape index (κ3) is 4.83. The molecule has 37 heavy (non-hydrogen) atoms. The van der Waals surface area contributed by atoms with Crippen LogP contribution in [0.4, 0.5) is 0 Å². The van der Waals surface area contributed by atoms with Crippen LogP contribution in [-0.4, -0.2) is 82.8 Å². The maximum Gasteiger partial charge on any atom is 0.186 e. The summed E-state index contributed by atoms with van der Waals surface area (Å²) in [5.74, 6) is 3.54. The highest BCUT2D eigenvalue weighted by molar-refractivity contribution is 5.79. The van der Waals surface area contributed by atoms with E-state index in [0.717, 1.165) is 31.1 Å². The van der Waals surface area contributed by atoms with Crippen molar-refractivity contribution in [2.45, 2.75) is 115 Å². The summed E-state index contributed by atoms with van der Waals surface area (Å²) in [6.07, 6.45) is 4.48. The largest absolute Gasteiger partial charge is 0.394 e. The SMILES string of the molecule is CC(=O)[C@H]1CC[C@H]2[C@@H]3CC[C@H]4C[C@@H](OCCO[C@H]5O[C@H](CO)[C@@H](O)[C@H](O)[C@H]5O)CC[C@]4(C)[C@H]3CC[C@]12C. The highest BCUT2D eigenvalue weighted by atomic mass is 16.7. The van der Waals surface area contributed by atoms with Crippen LogP contribution in [-0.2, 0) is 19.0 Å². The molecule has 5 fully saturated rings. The number of rotatable bonds is 7. The Bertz CT molecular complexity index is 820. The molecule has 5 rings (SSSR count). The number of aliphatic hydroxyl groups is 4. The smallest absolute Gasteiger partial charge is 0.186 e. The summed E-state index contributed by atoms with van der Waals surface area (Å²) in [4.78, 5) is 12.4. The van der Waals surface area contributed by atoms with Crippen LogP contribution >= 0.6 is 0 Å². The van der Waals surface area contributed by atoms with Gasteiger partial charge in [0.2, 0.25) is 0 Å². The Hall–Kier alpha value is -0.610. The molecule has 1 heterocycles. The van der Waals surface area contributed by atoms with Gasteiger partial charge in [-0.1, -0.05) is 13.8 Å². The van der Waals surface area contributed by atoms with Crippen molar-refractivity contribution in [3.63, 3.8) is 0 Å². The van der Waals surface area contributed by atoms with Gasteiger partial charge in [0.05, 0.1) is 25.9 Å². The molecule has 5 aliphatic rings. The van der Waals surface area contributed by atoms with Crippen molar-refractivity contribution in [2.75, 3.05) is 19.8 Å². The van der Waals surface area contributed by atoms with Crippen LogP contribution < -0.4 is 0 Å². The molecule has 0 aromatic rings. The maximum absolute atomic E-state index is 12.4. The minimum absolute atomic E-state index is 0.190. The van der Waals surface area contributed by atoms with Gasteiger partial charge in [-0.2, -0.15) is 0 Å². The minimum Gasteiger partial charge on any atom is -0.394 e. The van der Waals surface area contributed by atoms with Gasteiger partial charge in [0.15, 0.2) is 6.29 Å². The summed E-state index contributed by atoms with van der Waals surface area (Å²) in [7, 11) is 0. The topological polar surface area (TPSA) is 126 Å². The standard InChI is InChI=1S/C29H48O8/c1-16(31)20-6-7-21-19-5-4-17-14-18(8-10-28(17,2)22(19)9-11-29(20,21)3)35-12-13-36-27-26(34)25(33)24(32)23(15-30)37-27/h17-27,30,32-34H,4-15H2,1-3H3/t17-,18-,19-,20+,21-,22-,23+,24+,25-,26+,27-,28-,29+/m0/s1. The molecule has 0 aromatic carbocycles. The average Bonchev–Trinajstić information content (AvgIpc) is 3.24. The summed E-state index contributed by atoms with van der Waals surface area (Å²) in [6.45, 7) is 6.85. The summed E-state index contributed by atoms with van der Waals surface area (Å²) in [5.41, 5.74) is 0.558. The molecule has 212 valence electrons. The molecule has 4 saturated carbocycles. The monoisotopic (exact) mass is 524 g/mol. The number of Topliss-reactive ketones (excluding diaryl/α,β-unsaturated/α-hetero) is 1. The van der Waals surface area contributed by atoms with Gasteiger partial charge in [-0.05, 0) is 99.2 Å². The molecule has 1 aliphatic heterocycles. The Morgan fingerprint density at radius 2 is 1.57 bits per heavy atom. The van der Waals surface area contributed by atoms with E-state index in [1.807, 2.05) is 0 Å². The fraction of sp³-hybridized carbons (Fsp3) is 0.966. The van der Waals surface area contributed by atoms with Crippen molar-refractivity contribution in [1.29, 1.82) is 0 Å². The minimum atomic E-state index is -1.43. The van der Waals surface area contributed by atoms with E-state index in [9.17, 15) is 25.2 Å². The van der Waals surface area contributed by atoms with Crippen molar-refractivity contribution in [3.8, 4) is 0 Å². The summed E-state index contributed by atoms with van der Waals surface area (Å²) < 4.78 is 17.2. The zero-order valence-electron chi connectivity index (χ0n) is 22.8. The molecule has 0 amide bonds. The van der Waals surface area contributed by atoms with Gasteiger partial charge < -0.3 is 34.6 Å². The third-order valence-electron chi connectivity index (χ3n) is 11.7. The Labute approximate surface area is 221 Å². The number of ketones is 1. The van der Waals surface area contributed by atoms with Crippen molar-refractivity contribution >= 4 is 5.78 Å². The first-order chi connectivity index (χ1) is 17.6. The highest BCUT2D eigenvalue weighted by Gasteiger charge is 2.60. The van der Waals surface area contributed by atoms with Crippen LogP contribution in [0.3, 0.4) is 0 Å². The molecule has 0 spiro atoms. The van der Waals surface area contributed by atoms with E-state index in [0.29, 0.717) is 29.6 Å². The van der Waals surface area contributed by atoms with Crippen LogP contribution in [0.1, 0.15) is 78.6 Å². The van der Waals surface area contributed by atoms with Gasteiger partial charge >= 0.3 is 0 Å². The fourth-order valence-electron chi connectivity index (χ4n) is 9.62. The lowest BCUT2D eigenvalue weighted by atomic mass is 9.44. The Kier molecular flexibility index (Phi) is 8.12. The molecule has 0 aromatic heterocycles. The molecular weight excluding hydrogens is 476 g/mol. The summed E-state index contributed by atoms with van der Waals surface area (Å²) >= 11 is 0. The zero-order valence-corrected chi connectivity index (χ0v) is 22.8. The number of hydrogen-bond donors (Lipinski definition) is 4. The number of aliphatic hydroxyl groups excluding tert-OH is 4. The lowest BCUT2D eigenvalue weighted by Crippen LogP contribution is -2.59. The van der Waals surface area contributed by atoms with Crippen molar-refractivity contribution in [1.82, 2.24) is 0 Å². The quantitative estimate of drug-likeness (QED) is 0.374. The molecule has 13 atom stereocenters. The number of carbonyl (C=O) groups excluding carboxylic acids is 1. The van der Waals surface area contributed by atoms with E-state index in [2.05, 4.69) is 13.8 Å². The van der Waals surface area contributed by atoms with Crippen LogP contribution in [0.5, 0.6) is 0 Å². The summed E-state index contributed by atoms with van der Waals surface area (Å²) in [5, 5.41) is 39.3. The van der Waals surface area contributed by atoms with E-state index < -0.39 is 37.3 Å². The molecule has 4 N–H and O–H groups in total. The molecule has 8 nitrogen and oxygen atoms in total. The van der Waals surface area contributed by atoms with Gasteiger partial charge in [0.1, 0.15) is 30.2 Å². The zero-order chi connectivity index (χ0) is 26.5. The fourth-order valence-corrected chi connectivity index (χ4v) is 9.62. The van der Waals surface area contributed by atoms with Crippen LogP contribution in [0.25, 0.3) is 0 Å². The molecular formula is C29H48O8. The van der Waals surface area contributed by atoms with Gasteiger partial charge in [0.25, 0.3) is 0 Å². The van der Waals surface area contributed by atoms with Gasteiger partial charge in [-0.3, -0.25) is 4.79 Å². The molecule has 0 radical (unpaired) electrons. The summed E-state index contributed by atoms with van der Waals surface area (Å²) in [6, 6.07) is 0. The van der Waals surface area contributed by atoms with E-state index in [4.69, 9.17) is 14.2 Å². The number of fused-ring (bicyclic) bond motifs is 5. The first-order valence-electron chi connectivity index (χ1n) is 14.6. The van der Waals surface area contributed by atoms with Gasteiger partial charge in [-0.15, -0.1) is 0 Å². The Morgan fingerprint density at radius 3 is 2.30 bits per heavy atom. The first-order valence-corrected chi connectivity index (χ1v) is 14.6. The molecule has 8 heteroatoms.